The van der Waals surface area contributed by atoms with E-state index in [2.05, 4.69) is 20.2 Å². The van der Waals surface area contributed by atoms with Crippen molar-refractivity contribution in [2.45, 2.75) is 30.9 Å². The maximum atomic E-state index is 13.8. The molecular formula is C19H20F2N6O2. The highest BCUT2D eigenvalue weighted by atomic mass is 19.3. The summed E-state index contributed by atoms with van der Waals surface area (Å²) in [6.45, 7) is 0. The van der Waals surface area contributed by atoms with E-state index in [9.17, 15) is 13.9 Å². The van der Waals surface area contributed by atoms with E-state index in [1.807, 2.05) is 0 Å². The van der Waals surface area contributed by atoms with Crippen molar-refractivity contribution in [1.82, 2.24) is 24.7 Å². The number of methoxy groups -OCH3 is 1. The number of hydrogen-bond donors (Lipinski definition) is 1. The Bertz CT molecular complexity index is 981. The minimum atomic E-state index is -2.77. The van der Waals surface area contributed by atoms with Crippen LogP contribution in [-0.2, 0) is 4.74 Å². The number of aromatic hydroxyl groups is 1. The number of rotatable bonds is 5. The Balaban J connectivity index is 1.55. The summed E-state index contributed by atoms with van der Waals surface area (Å²) >= 11 is 0. The Morgan fingerprint density at radius 2 is 2.10 bits per heavy atom. The van der Waals surface area contributed by atoms with Crippen molar-refractivity contribution in [3.05, 3.63) is 43.1 Å². The van der Waals surface area contributed by atoms with Gasteiger partial charge >= 0.3 is 0 Å². The second kappa shape index (κ2) is 7.36. The van der Waals surface area contributed by atoms with E-state index >= 15 is 0 Å². The number of aromatic nitrogens is 5. The number of imidazole rings is 1. The van der Waals surface area contributed by atoms with E-state index < -0.39 is 18.1 Å². The fourth-order valence-electron chi connectivity index (χ4n) is 3.58. The van der Waals surface area contributed by atoms with Crippen molar-refractivity contribution in [2.24, 2.45) is 0 Å². The Morgan fingerprint density at radius 3 is 2.72 bits per heavy atom. The van der Waals surface area contributed by atoms with Crippen molar-refractivity contribution in [2.75, 3.05) is 19.1 Å². The average molecular weight is 402 g/mol. The van der Waals surface area contributed by atoms with Crippen molar-refractivity contribution in [1.29, 1.82) is 0 Å². The number of ether oxygens (including phenoxy) is 1. The van der Waals surface area contributed by atoms with Gasteiger partial charge in [0.25, 0.3) is 5.92 Å². The van der Waals surface area contributed by atoms with Gasteiger partial charge in [-0.3, -0.25) is 0 Å². The number of alkyl halides is 2. The third-order valence-corrected chi connectivity index (χ3v) is 5.17. The fourth-order valence-corrected chi connectivity index (χ4v) is 3.58. The summed E-state index contributed by atoms with van der Waals surface area (Å²) < 4.78 is 34.5. The molecule has 1 aliphatic rings. The van der Waals surface area contributed by atoms with Crippen LogP contribution in [0.3, 0.4) is 0 Å². The predicted molar refractivity (Wildman–Crippen MR) is 101 cm³/mol. The number of hydrogen-bond acceptors (Lipinski definition) is 7. The van der Waals surface area contributed by atoms with Crippen LogP contribution in [0, 0.1) is 0 Å². The van der Waals surface area contributed by atoms with Crippen LogP contribution in [0.2, 0.25) is 0 Å². The first kappa shape index (κ1) is 19.2. The Hall–Kier alpha value is -3.14. The van der Waals surface area contributed by atoms with Crippen molar-refractivity contribution >= 4 is 5.82 Å². The minimum absolute atomic E-state index is 0.00557. The molecule has 3 aromatic rings. The lowest BCUT2D eigenvalue weighted by Crippen LogP contribution is -2.39. The molecule has 0 saturated heterocycles. The fraction of sp³-hybridized carbons (Fsp3) is 0.368. The van der Waals surface area contributed by atoms with Crippen LogP contribution in [0.15, 0.2) is 43.1 Å². The smallest absolute Gasteiger partial charge is 0.252 e. The molecule has 1 N–H and O–H groups in total. The normalized spacial score (nSPS) is 20.7. The lowest BCUT2D eigenvalue weighted by atomic mass is 10.1. The Labute approximate surface area is 165 Å². The molecule has 1 saturated carbocycles. The van der Waals surface area contributed by atoms with E-state index in [4.69, 9.17) is 4.74 Å². The quantitative estimate of drug-likeness (QED) is 0.702. The summed E-state index contributed by atoms with van der Waals surface area (Å²) in [5.74, 6) is -2.19. The summed E-state index contributed by atoms with van der Waals surface area (Å²) in [6.07, 6.45) is 5.23. The topological polar surface area (TPSA) is 89.2 Å². The minimum Gasteiger partial charge on any atom is -0.507 e. The van der Waals surface area contributed by atoms with E-state index in [0.717, 1.165) is 5.69 Å². The highest BCUT2D eigenvalue weighted by molar-refractivity contribution is 5.66. The van der Waals surface area contributed by atoms with Crippen LogP contribution < -0.4 is 4.90 Å². The third-order valence-electron chi connectivity index (χ3n) is 5.17. The van der Waals surface area contributed by atoms with Crippen LogP contribution in [0.25, 0.3) is 17.1 Å². The van der Waals surface area contributed by atoms with E-state index in [1.54, 1.807) is 53.4 Å². The molecule has 152 valence electrons. The van der Waals surface area contributed by atoms with Gasteiger partial charge in [0.05, 0.1) is 35.9 Å². The van der Waals surface area contributed by atoms with Gasteiger partial charge in [-0.1, -0.05) is 0 Å². The molecule has 1 fully saturated rings. The van der Waals surface area contributed by atoms with Crippen LogP contribution in [0.5, 0.6) is 5.75 Å². The van der Waals surface area contributed by atoms with E-state index in [-0.39, 0.29) is 24.4 Å². The van der Waals surface area contributed by atoms with Gasteiger partial charge in [0, 0.05) is 45.5 Å². The van der Waals surface area contributed by atoms with Gasteiger partial charge in [0.1, 0.15) is 5.75 Å². The summed E-state index contributed by atoms with van der Waals surface area (Å²) in [5, 5.41) is 18.6. The highest BCUT2D eigenvalue weighted by Gasteiger charge is 2.48. The number of likely N-dealkylation sites (N-methyl/N-ethyl adjacent to an activating group) is 1. The number of nitrogens with zero attached hydrogens (tertiary/aromatic N) is 6. The molecule has 0 aliphatic heterocycles. The molecule has 2 atom stereocenters. The van der Waals surface area contributed by atoms with Crippen molar-refractivity contribution in [3.63, 3.8) is 0 Å². The molecule has 1 aliphatic carbocycles. The van der Waals surface area contributed by atoms with Crippen LogP contribution in [0.4, 0.5) is 14.6 Å². The first-order valence-electron chi connectivity index (χ1n) is 9.03. The number of anilines is 1. The molecule has 10 heteroatoms. The van der Waals surface area contributed by atoms with E-state index in [0.29, 0.717) is 11.4 Å². The molecule has 0 unspecified atom stereocenters. The first-order chi connectivity index (χ1) is 13.9. The third kappa shape index (κ3) is 3.75. The van der Waals surface area contributed by atoms with Gasteiger partial charge in [-0.15, -0.1) is 10.2 Å². The van der Waals surface area contributed by atoms with E-state index in [1.165, 1.54) is 13.3 Å². The molecule has 0 bridgehead atoms. The molecule has 0 spiro atoms. The van der Waals surface area contributed by atoms with Gasteiger partial charge in [0.2, 0.25) is 0 Å². The maximum Gasteiger partial charge on any atom is 0.252 e. The van der Waals surface area contributed by atoms with Gasteiger partial charge < -0.3 is 19.3 Å². The summed E-state index contributed by atoms with van der Waals surface area (Å²) in [7, 11) is 3.09. The lowest BCUT2D eigenvalue weighted by Gasteiger charge is -2.28. The average Bonchev–Trinajstić information content (AvgIpc) is 3.35. The van der Waals surface area contributed by atoms with Gasteiger partial charge in [-0.2, -0.15) is 0 Å². The van der Waals surface area contributed by atoms with Crippen LogP contribution in [0.1, 0.15) is 12.8 Å². The highest BCUT2D eigenvalue weighted by Crippen LogP contribution is 2.39. The number of phenolic OH excluding ortho intramolecular Hbond substituents is 1. The van der Waals surface area contributed by atoms with Gasteiger partial charge in [-0.05, 0) is 12.1 Å². The molecule has 4 rings (SSSR count). The second-order valence-electron chi connectivity index (χ2n) is 7.03. The number of benzene rings is 1. The van der Waals surface area contributed by atoms with Crippen LogP contribution in [-0.4, -0.2) is 62.1 Å². The Kier molecular flexibility index (Phi) is 4.87. The SMILES string of the molecule is CO[C@H]1CC(F)(F)C[C@@H]1N(C)c1cnc(-c2ccc(-n3ccnc3)cc2O)nn1. The van der Waals surface area contributed by atoms with Gasteiger partial charge in [0.15, 0.2) is 11.6 Å². The summed E-state index contributed by atoms with van der Waals surface area (Å²) in [4.78, 5) is 9.85. The molecule has 0 radical (unpaired) electrons. The zero-order chi connectivity index (χ0) is 20.6. The summed E-state index contributed by atoms with van der Waals surface area (Å²) in [5.41, 5.74) is 1.15. The molecule has 2 aromatic heterocycles. The van der Waals surface area contributed by atoms with Gasteiger partial charge in [-0.25, -0.2) is 18.7 Å². The molecular weight excluding hydrogens is 382 g/mol. The Morgan fingerprint density at radius 1 is 1.28 bits per heavy atom. The lowest BCUT2D eigenvalue weighted by molar-refractivity contribution is -0.00992. The molecule has 8 nitrogen and oxygen atoms in total. The van der Waals surface area contributed by atoms with Crippen LogP contribution >= 0.6 is 0 Å². The largest absolute Gasteiger partial charge is 0.507 e. The zero-order valence-electron chi connectivity index (χ0n) is 15.9. The number of phenols is 1. The molecule has 2 heterocycles. The second-order valence-corrected chi connectivity index (χ2v) is 7.03. The molecule has 0 amide bonds. The zero-order valence-corrected chi connectivity index (χ0v) is 15.9. The predicted octanol–water partition coefficient (Wildman–Crippen LogP) is 2.68. The first-order valence-corrected chi connectivity index (χ1v) is 9.03. The monoisotopic (exact) mass is 402 g/mol. The standard InChI is InChI=1S/C19H20F2N6O2/c1-26(14-8-19(20,21)9-16(14)29-2)17-10-23-18(25-24-17)13-4-3-12(7-15(13)28)27-6-5-22-11-27/h3-7,10-11,14,16,28H,8-9H2,1-2H3/t14-,16-/m0/s1. The summed E-state index contributed by atoms with van der Waals surface area (Å²) in [6, 6.07) is 4.53. The number of halogens is 2. The molecule has 29 heavy (non-hydrogen) atoms. The van der Waals surface area contributed by atoms with Crippen molar-refractivity contribution < 1.29 is 18.6 Å². The molecule has 1 aromatic carbocycles. The maximum absolute atomic E-state index is 13.8. The van der Waals surface area contributed by atoms with Crippen molar-refractivity contribution in [3.8, 4) is 22.8 Å².